The van der Waals surface area contributed by atoms with E-state index >= 15 is 0 Å². The third kappa shape index (κ3) is 3.47. The van der Waals surface area contributed by atoms with Crippen LogP contribution in [0.5, 0.6) is 0 Å². The molecule has 0 radical (unpaired) electrons. The summed E-state index contributed by atoms with van der Waals surface area (Å²) in [5, 5.41) is 10.6. The molecule has 0 unspecified atom stereocenters. The van der Waals surface area contributed by atoms with E-state index in [4.69, 9.17) is 9.72 Å². The Bertz CT molecular complexity index is 634. The molecule has 6 heteroatoms. The Morgan fingerprint density at radius 1 is 1.35 bits per heavy atom. The minimum absolute atomic E-state index is 0.177. The zero-order valence-corrected chi connectivity index (χ0v) is 15.6. The van der Waals surface area contributed by atoms with Crippen LogP contribution in [0.1, 0.15) is 37.5 Å². The van der Waals surface area contributed by atoms with Gasteiger partial charge < -0.3 is 9.64 Å². The van der Waals surface area contributed by atoms with Gasteiger partial charge in [-0.3, -0.25) is 0 Å². The van der Waals surface area contributed by atoms with Gasteiger partial charge >= 0.3 is 0 Å². The van der Waals surface area contributed by atoms with Crippen molar-refractivity contribution in [1.82, 2.24) is 4.98 Å². The van der Waals surface area contributed by atoms with E-state index in [1.54, 1.807) is 11.8 Å². The summed E-state index contributed by atoms with van der Waals surface area (Å²) in [5.74, 6) is 2.95. The van der Waals surface area contributed by atoms with Gasteiger partial charge in [-0.2, -0.15) is 17.0 Å². The SMILES string of the molecule is CCSc1nc(N2CCOCC2)c2c(c1C#N)CC(C)(C)SC2. The molecule has 0 aliphatic carbocycles. The van der Waals surface area contributed by atoms with E-state index in [-0.39, 0.29) is 4.75 Å². The first kappa shape index (κ1) is 16.9. The molecule has 0 amide bonds. The molecule has 124 valence electrons. The van der Waals surface area contributed by atoms with Crippen molar-refractivity contribution >= 4 is 29.3 Å². The number of aromatic nitrogens is 1. The van der Waals surface area contributed by atoms with Gasteiger partial charge in [-0.15, -0.1) is 11.8 Å². The maximum atomic E-state index is 9.73. The zero-order chi connectivity index (χ0) is 16.4. The number of nitrogens with zero attached hydrogens (tertiary/aromatic N) is 3. The molecular weight excluding hydrogens is 326 g/mol. The minimum atomic E-state index is 0.177. The molecule has 4 nitrogen and oxygen atoms in total. The topological polar surface area (TPSA) is 49.2 Å². The fraction of sp³-hybridized carbons (Fsp3) is 0.647. The maximum absolute atomic E-state index is 9.73. The molecule has 0 aromatic carbocycles. The molecular formula is C17H23N3OS2. The van der Waals surface area contributed by atoms with Gasteiger partial charge in [0.05, 0.1) is 18.8 Å². The second-order valence-corrected chi connectivity index (χ2v) is 9.38. The van der Waals surface area contributed by atoms with E-state index in [0.717, 1.165) is 60.6 Å². The van der Waals surface area contributed by atoms with E-state index < -0.39 is 0 Å². The lowest BCUT2D eigenvalue weighted by Crippen LogP contribution is -2.38. The van der Waals surface area contributed by atoms with Crippen molar-refractivity contribution in [2.75, 3.05) is 37.0 Å². The molecule has 2 aliphatic rings. The lowest BCUT2D eigenvalue weighted by Gasteiger charge is -2.36. The van der Waals surface area contributed by atoms with E-state index in [2.05, 4.69) is 31.7 Å². The van der Waals surface area contributed by atoms with Crippen LogP contribution in [-0.2, 0) is 16.9 Å². The fourth-order valence-electron chi connectivity index (χ4n) is 3.12. The zero-order valence-electron chi connectivity index (χ0n) is 14.0. The van der Waals surface area contributed by atoms with Crippen LogP contribution < -0.4 is 4.90 Å². The number of hydrogen-bond donors (Lipinski definition) is 0. The van der Waals surface area contributed by atoms with Gasteiger partial charge in [-0.25, -0.2) is 4.98 Å². The number of hydrogen-bond acceptors (Lipinski definition) is 6. The predicted molar refractivity (Wildman–Crippen MR) is 97.5 cm³/mol. The highest BCUT2D eigenvalue weighted by molar-refractivity contribution is 8.00. The van der Waals surface area contributed by atoms with Gasteiger partial charge in [0, 0.05) is 29.2 Å². The summed E-state index contributed by atoms with van der Waals surface area (Å²) < 4.78 is 5.67. The van der Waals surface area contributed by atoms with Crippen LogP contribution in [0.3, 0.4) is 0 Å². The molecule has 3 rings (SSSR count). The average molecular weight is 350 g/mol. The van der Waals surface area contributed by atoms with Gasteiger partial charge in [0.2, 0.25) is 0 Å². The molecule has 1 saturated heterocycles. The molecule has 3 heterocycles. The Morgan fingerprint density at radius 3 is 2.74 bits per heavy atom. The number of rotatable bonds is 3. The number of ether oxygens (including phenoxy) is 1. The number of nitriles is 1. The number of fused-ring (bicyclic) bond motifs is 1. The Kier molecular flexibility index (Phi) is 5.10. The van der Waals surface area contributed by atoms with E-state index in [1.807, 2.05) is 11.8 Å². The highest BCUT2D eigenvalue weighted by Gasteiger charge is 2.33. The van der Waals surface area contributed by atoms with Crippen molar-refractivity contribution in [3.63, 3.8) is 0 Å². The van der Waals surface area contributed by atoms with Crippen molar-refractivity contribution in [3.05, 3.63) is 16.7 Å². The molecule has 1 aromatic rings. The van der Waals surface area contributed by atoms with Gasteiger partial charge in [-0.05, 0) is 17.7 Å². The molecule has 0 bridgehead atoms. The second kappa shape index (κ2) is 6.92. The Morgan fingerprint density at radius 2 is 2.09 bits per heavy atom. The fourth-order valence-corrected chi connectivity index (χ4v) is 4.94. The third-order valence-corrected chi connectivity index (χ3v) is 6.49. The van der Waals surface area contributed by atoms with Crippen LogP contribution in [0.15, 0.2) is 5.03 Å². The summed E-state index contributed by atoms with van der Waals surface area (Å²) in [4.78, 5) is 7.25. The maximum Gasteiger partial charge on any atom is 0.134 e. The molecule has 23 heavy (non-hydrogen) atoms. The lowest BCUT2D eigenvalue weighted by molar-refractivity contribution is 0.122. The number of pyridine rings is 1. The molecule has 0 N–H and O–H groups in total. The smallest absolute Gasteiger partial charge is 0.134 e. The molecule has 0 saturated carbocycles. The summed E-state index contributed by atoms with van der Waals surface area (Å²) in [5.41, 5.74) is 3.30. The van der Waals surface area contributed by atoms with Gasteiger partial charge in [0.25, 0.3) is 0 Å². The average Bonchev–Trinajstić information content (AvgIpc) is 2.54. The molecule has 0 atom stereocenters. The van der Waals surface area contributed by atoms with E-state index in [1.165, 1.54) is 11.1 Å². The summed E-state index contributed by atoms with van der Waals surface area (Å²) in [6, 6.07) is 2.44. The first-order valence-corrected chi connectivity index (χ1v) is 10.1. The second-order valence-electron chi connectivity index (χ2n) is 6.44. The van der Waals surface area contributed by atoms with Crippen molar-refractivity contribution in [1.29, 1.82) is 5.26 Å². The minimum Gasteiger partial charge on any atom is -0.378 e. The van der Waals surface area contributed by atoms with E-state index in [0.29, 0.717) is 0 Å². The van der Waals surface area contributed by atoms with Gasteiger partial charge in [-0.1, -0.05) is 20.8 Å². The van der Waals surface area contributed by atoms with Crippen molar-refractivity contribution < 1.29 is 4.74 Å². The quantitative estimate of drug-likeness (QED) is 0.779. The molecule has 0 spiro atoms. The first-order chi connectivity index (χ1) is 11.1. The number of anilines is 1. The van der Waals surface area contributed by atoms with Crippen LogP contribution in [-0.4, -0.2) is 41.8 Å². The summed E-state index contributed by atoms with van der Waals surface area (Å²) >= 11 is 3.64. The van der Waals surface area contributed by atoms with Crippen LogP contribution in [0, 0.1) is 11.3 Å². The van der Waals surface area contributed by atoms with Crippen LogP contribution >= 0.6 is 23.5 Å². The van der Waals surface area contributed by atoms with Gasteiger partial charge in [0.1, 0.15) is 16.9 Å². The first-order valence-electron chi connectivity index (χ1n) is 8.11. The standard InChI is InChI=1S/C17H23N3OS2/c1-4-22-16-13(10-18)12-9-17(2,3)23-11-14(12)15(19-16)20-5-7-21-8-6-20/h4-9,11H2,1-3H3. The Hall–Kier alpha value is -0.900. The summed E-state index contributed by atoms with van der Waals surface area (Å²) in [6.07, 6.45) is 0.938. The normalized spacial score (nSPS) is 20.0. The van der Waals surface area contributed by atoms with Crippen LogP contribution in [0.25, 0.3) is 0 Å². The van der Waals surface area contributed by atoms with Crippen molar-refractivity contribution in [2.24, 2.45) is 0 Å². The highest BCUT2D eigenvalue weighted by atomic mass is 32.2. The number of thioether (sulfide) groups is 2. The van der Waals surface area contributed by atoms with Crippen LogP contribution in [0.4, 0.5) is 5.82 Å². The Labute approximate surface area is 147 Å². The largest absolute Gasteiger partial charge is 0.378 e. The summed E-state index contributed by atoms with van der Waals surface area (Å²) in [7, 11) is 0. The van der Waals surface area contributed by atoms with Crippen molar-refractivity contribution in [3.8, 4) is 6.07 Å². The van der Waals surface area contributed by atoms with Crippen LogP contribution in [0.2, 0.25) is 0 Å². The van der Waals surface area contributed by atoms with Gasteiger partial charge in [0.15, 0.2) is 0 Å². The lowest BCUT2D eigenvalue weighted by atomic mass is 9.94. The predicted octanol–water partition coefficient (Wildman–Crippen LogP) is 3.47. The third-order valence-electron chi connectivity index (χ3n) is 4.27. The molecule has 1 aromatic heterocycles. The highest BCUT2D eigenvalue weighted by Crippen LogP contribution is 2.44. The number of morpholine rings is 1. The van der Waals surface area contributed by atoms with E-state index in [9.17, 15) is 5.26 Å². The molecule has 2 aliphatic heterocycles. The Balaban J connectivity index is 2.12. The summed E-state index contributed by atoms with van der Waals surface area (Å²) in [6.45, 7) is 9.93. The molecule has 1 fully saturated rings. The van der Waals surface area contributed by atoms with Crippen molar-refractivity contribution in [2.45, 2.75) is 42.7 Å². The monoisotopic (exact) mass is 349 g/mol.